The van der Waals surface area contributed by atoms with Gasteiger partial charge in [0.25, 0.3) is 0 Å². The highest BCUT2D eigenvalue weighted by Crippen LogP contribution is 2.26. The van der Waals surface area contributed by atoms with Gasteiger partial charge < -0.3 is 9.31 Å². The van der Waals surface area contributed by atoms with Crippen molar-refractivity contribution in [3.05, 3.63) is 42.0 Å². The minimum Gasteiger partial charge on any atom is -0.406 e. The summed E-state index contributed by atoms with van der Waals surface area (Å²) < 4.78 is 12.8. The molecule has 0 aliphatic carbocycles. The molecule has 0 saturated carbocycles. The van der Waals surface area contributed by atoms with Gasteiger partial charge in [-0.25, -0.2) is 0 Å². The van der Waals surface area contributed by atoms with Gasteiger partial charge in [0.1, 0.15) is 0 Å². The van der Waals surface area contributed by atoms with Crippen molar-refractivity contribution in [2.45, 2.75) is 20.8 Å². The minimum atomic E-state index is -0.202. The van der Waals surface area contributed by atoms with E-state index in [0.717, 1.165) is 18.0 Å². The first-order chi connectivity index (χ1) is 9.53. The van der Waals surface area contributed by atoms with Crippen LogP contribution in [0.5, 0.6) is 0 Å². The summed E-state index contributed by atoms with van der Waals surface area (Å²) in [7, 11) is -0.202. The van der Waals surface area contributed by atoms with E-state index in [1.165, 1.54) is 16.0 Å². The fourth-order valence-electron chi connectivity index (χ4n) is 2.21. The molecule has 0 N–H and O–H groups in total. The molecule has 1 aromatic heterocycles. The SMILES string of the molecule is Cc1ccc(-c2ccc(B3OCC(C)(C)CO3)s2)cc1. The van der Waals surface area contributed by atoms with Gasteiger partial charge in [0.15, 0.2) is 0 Å². The molecule has 0 bridgehead atoms. The Hall–Kier alpha value is -1.10. The van der Waals surface area contributed by atoms with Gasteiger partial charge in [0.2, 0.25) is 0 Å². The Morgan fingerprint density at radius 3 is 2.30 bits per heavy atom. The highest BCUT2D eigenvalue weighted by Gasteiger charge is 2.34. The summed E-state index contributed by atoms with van der Waals surface area (Å²) in [6.07, 6.45) is 0. The average Bonchev–Trinajstić information content (AvgIpc) is 2.89. The van der Waals surface area contributed by atoms with Gasteiger partial charge in [-0.05, 0) is 18.6 Å². The van der Waals surface area contributed by atoms with Crippen molar-refractivity contribution in [1.82, 2.24) is 0 Å². The predicted molar refractivity (Wildman–Crippen MR) is 85.6 cm³/mol. The van der Waals surface area contributed by atoms with Crippen LogP contribution >= 0.6 is 11.3 Å². The summed E-state index contributed by atoms with van der Waals surface area (Å²) in [6, 6.07) is 12.9. The fraction of sp³-hybridized carbons (Fsp3) is 0.375. The van der Waals surface area contributed by atoms with Crippen molar-refractivity contribution in [3.63, 3.8) is 0 Å². The Bertz CT molecular complexity index is 579. The zero-order valence-electron chi connectivity index (χ0n) is 12.2. The number of hydrogen-bond acceptors (Lipinski definition) is 3. The second-order valence-electron chi connectivity index (χ2n) is 6.19. The summed E-state index contributed by atoms with van der Waals surface area (Å²) >= 11 is 1.75. The third kappa shape index (κ3) is 2.98. The Kier molecular flexibility index (Phi) is 3.71. The van der Waals surface area contributed by atoms with Crippen molar-refractivity contribution < 1.29 is 9.31 Å². The molecule has 3 rings (SSSR count). The highest BCUT2D eigenvalue weighted by molar-refractivity contribution is 7.25. The van der Waals surface area contributed by atoms with Gasteiger partial charge in [0.05, 0.1) is 0 Å². The maximum Gasteiger partial charge on any atom is 0.504 e. The van der Waals surface area contributed by atoms with Crippen LogP contribution in [-0.2, 0) is 9.31 Å². The van der Waals surface area contributed by atoms with Crippen LogP contribution in [0.15, 0.2) is 36.4 Å². The number of rotatable bonds is 2. The number of benzene rings is 1. The van der Waals surface area contributed by atoms with Gasteiger partial charge >= 0.3 is 7.12 Å². The molecule has 0 radical (unpaired) electrons. The Balaban J connectivity index is 1.76. The molecule has 20 heavy (non-hydrogen) atoms. The standard InChI is InChI=1S/C16H19BO2S/c1-12-4-6-13(7-5-12)14-8-9-15(20-14)17-18-10-16(2,3)11-19-17/h4-9H,10-11H2,1-3H3. The van der Waals surface area contributed by atoms with Crippen LogP contribution in [0.1, 0.15) is 19.4 Å². The Labute approximate surface area is 124 Å². The van der Waals surface area contributed by atoms with Crippen LogP contribution in [0.3, 0.4) is 0 Å². The second kappa shape index (κ2) is 5.36. The maximum absolute atomic E-state index is 5.84. The van der Waals surface area contributed by atoms with Gasteiger partial charge in [-0.1, -0.05) is 49.7 Å². The lowest BCUT2D eigenvalue weighted by Gasteiger charge is -2.32. The molecule has 0 atom stereocenters. The van der Waals surface area contributed by atoms with Crippen LogP contribution in [0.25, 0.3) is 10.4 Å². The summed E-state index contributed by atoms with van der Waals surface area (Å²) in [5.41, 5.74) is 2.66. The monoisotopic (exact) mass is 286 g/mol. The number of thiophene rings is 1. The Morgan fingerprint density at radius 1 is 1.00 bits per heavy atom. The largest absolute Gasteiger partial charge is 0.504 e. The number of hydrogen-bond donors (Lipinski definition) is 0. The smallest absolute Gasteiger partial charge is 0.406 e. The number of aryl methyl sites for hydroxylation is 1. The second-order valence-corrected chi connectivity index (χ2v) is 7.30. The lowest BCUT2D eigenvalue weighted by molar-refractivity contribution is 0.0346. The normalized spacial score (nSPS) is 18.2. The third-order valence-electron chi connectivity index (χ3n) is 3.45. The highest BCUT2D eigenvalue weighted by atomic mass is 32.1. The van der Waals surface area contributed by atoms with E-state index in [1.54, 1.807) is 11.3 Å². The van der Waals surface area contributed by atoms with Crippen LogP contribution in [0.2, 0.25) is 0 Å². The molecule has 0 unspecified atom stereocenters. The molecule has 1 aliphatic heterocycles. The van der Waals surface area contributed by atoms with E-state index in [2.05, 4.69) is 57.2 Å². The quantitative estimate of drug-likeness (QED) is 0.787. The van der Waals surface area contributed by atoms with Gasteiger partial charge in [0, 0.05) is 28.3 Å². The molecule has 1 aromatic carbocycles. The topological polar surface area (TPSA) is 18.5 Å². The van der Waals surface area contributed by atoms with Crippen LogP contribution < -0.4 is 4.78 Å². The molecule has 1 aliphatic rings. The van der Waals surface area contributed by atoms with E-state index >= 15 is 0 Å². The summed E-state index contributed by atoms with van der Waals surface area (Å²) in [5.74, 6) is 0. The molecule has 104 valence electrons. The average molecular weight is 286 g/mol. The van der Waals surface area contributed by atoms with E-state index in [0.29, 0.717) is 0 Å². The molecule has 2 aromatic rings. The summed E-state index contributed by atoms with van der Waals surface area (Å²) in [4.78, 5) is 1.26. The zero-order valence-corrected chi connectivity index (χ0v) is 13.0. The van der Waals surface area contributed by atoms with Gasteiger partial charge in [-0.2, -0.15) is 0 Å². The van der Waals surface area contributed by atoms with Gasteiger partial charge in [-0.15, -0.1) is 11.3 Å². The van der Waals surface area contributed by atoms with E-state index in [1.807, 2.05) is 0 Å². The van der Waals surface area contributed by atoms with Crippen LogP contribution in [-0.4, -0.2) is 20.3 Å². The van der Waals surface area contributed by atoms with Crippen LogP contribution in [0.4, 0.5) is 0 Å². The molecular weight excluding hydrogens is 267 g/mol. The first-order valence-electron chi connectivity index (χ1n) is 6.93. The van der Waals surface area contributed by atoms with Crippen molar-refractivity contribution in [3.8, 4) is 10.4 Å². The first-order valence-corrected chi connectivity index (χ1v) is 7.75. The zero-order chi connectivity index (χ0) is 14.2. The molecule has 1 saturated heterocycles. The lowest BCUT2D eigenvalue weighted by atomic mass is 9.82. The summed E-state index contributed by atoms with van der Waals surface area (Å²) in [5, 5.41) is 0. The fourth-order valence-corrected chi connectivity index (χ4v) is 3.22. The maximum atomic E-state index is 5.84. The van der Waals surface area contributed by atoms with E-state index < -0.39 is 0 Å². The summed E-state index contributed by atoms with van der Waals surface area (Å²) in [6.45, 7) is 7.92. The van der Waals surface area contributed by atoms with Crippen LogP contribution in [0, 0.1) is 12.3 Å². The van der Waals surface area contributed by atoms with Crippen molar-refractivity contribution in [1.29, 1.82) is 0 Å². The van der Waals surface area contributed by atoms with E-state index in [-0.39, 0.29) is 12.5 Å². The molecule has 2 nitrogen and oxygen atoms in total. The van der Waals surface area contributed by atoms with E-state index in [4.69, 9.17) is 9.31 Å². The molecule has 0 amide bonds. The molecule has 1 fully saturated rings. The van der Waals surface area contributed by atoms with E-state index in [9.17, 15) is 0 Å². The molecular formula is C16H19BO2S. The third-order valence-corrected chi connectivity index (χ3v) is 4.60. The first kappa shape index (κ1) is 13.9. The van der Waals surface area contributed by atoms with Crippen molar-refractivity contribution in [2.75, 3.05) is 13.2 Å². The molecule has 4 heteroatoms. The molecule has 0 spiro atoms. The van der Waals surface area contributed by atoms with Crippen molar-refractivity contribution >= 4 is 23.2 Å². The lowest BCUT2D eigenvalue weighted by Crippen LogP contribution is -2.46. The van der Waals surface area contributed by atoms with Gasteiger partial charge in [-0.3, -0.25) is 0 Å². The van der Waals surface area contributed by atoms with Crippen molar-refractivity contribution in [2.24, 2.45) is 5.41 Å². The Morgan fingerprint density at radius 2 is 1.65 bits per heavy atom. The predicted octanol–water partition coefficient (Wildman–Crippen LogP) is 3.49. The minimum absolute atomic E-state index is 0.119. The molecule has 2 heterocycles.